The Labute approximate surface area is 76.3 Å². The lowest BCUT2D eigenvalue weighted by Gasteiger charge is -2.05. The first-order chi connectivity index (χ1) is 5.57. The van der Waals surface area contributed by atoms with Crippen LogP contribution in [0.2, 0.25) is 5.15 Å². The molecule has 0 aliphatic carbocycles. The molecule has 0 amide bonds. The van der Waals surface area contributed by atoms with Gasteiger partial charge in [-0.1, -0.05) is 25.4 Å². The summed E-state index contributed by atoms with van der Waals surface area (Å²) in [5.74, 6) is 0.259. The molecular formula is C8H11ClN2O. The highest BCUT2D eigenvalue weighted by Gasteiger charge is 2.15. The molecule has 1 heterocycles. The van der Waals surface area contributed by atoms with Gasteiger partial charge in [-0.25, -0.2) is 0 Å². The van der Waals surface area contributed by atoms with Crippen molar-refractivity contribution in [3.05, 3.63) is 16.4 Å². The second kappa shape index (κ2) is 3.27. The molecule has 3 nitrogen and oxygen atoms in total. The zero-order valence-corrected chi connectivity index (χ0v) is 8.09. The first kappa shape index (κ1) is 9.26. The van der Waals surface area contributed by atoms with Gasteiger partial charge in [-0.2, -0.15) is 5.10 Å². The van der Waals surface area contributed by atoms with Gasteiger partial charge in [0.2, 0.25) is 0 Å². The number of hydrogen-bond acceptors (Lipinski definition) is 2. The lowest BCUT2D eigenvalue weighted by Crippen LogP contribution is -2.01. The summed E-state index contributed by atoms with van der Waals surface area (Å²) in [5, 5.41) is 4.24. The van der Waals surface area contributed by atoms with Gasteiger partial charge >= 0.3 is 0 Å². The Morgan fingerprint density at radius 3 is 2.50 bits per heavy atom. The number of aryl methyl sites for hydroxylation is 1. The molecule has 0 aromatic carbocycles. The first-order valence-electron chi connectivity index (χ1n) is 3.75. The third-order valence-electron chi connectivity index (χ3n) is 1.75. The van der Waals surface area contributed by atoms with E-state index >= 15 is 0 Å². The van der Waals surface area contributed by atoms with Gasteiger partial charge in [-0.15, -0.1) is 0 Å². The number of halogens is 1. The highest BCUT2D eigenvalue weighted by atomic mass is 35.5. The lowest BCUT2D eigenvalue weighted by atomic mass is 10.1. The molecule has 0 N–H and O–H groups in total. The second-order valence-corrected chi connectivity index (χ2v) is 3.34. The molecule has 1 aromatic heterocycles. The average Bonchev–Trinajstić information content (AvgIpc) is 2.24. The van der Waals surface area contributed by atoms with E-state index in [0.29, 0.717) is 5.56 Å². The van der Waals surface area contributed by atoms with Crippen molar-refractivity contribution < 1.29 is 4.79 Å². The summed E-state index contributed by atoms with van der Waals surface area (Å²) in [6, 6.07) is 0. The Bertz CT molecular complexity index is 304. The van der Waals surface area contributed by atoms with Crippen LogP contribution in [0.25, 0.3) is 0 Å². The minimum absolute atomic E-state index is 0.259. The monoisotopic (exact) mass is 186 g/mol. The molecule has 0 aliphatic rings. The Kier molecular flexibility index (Phi) is 2.52. The molecule has 0 fully saturated rings. The Morgan fingerprint density at radius 2 is 2.17 bits per heavy atom. The highest BCUT2D eigenvalue weighted by molar-refractivity contribution is 6.31. The molecule has 66 valence electrons. The van der Waals surface area contributed by atoms with Crippen molar-refractivity contribution in [2.45, 2.75) is 19.8 Å². The molecule has 0 radical (unpaired) electrons. The van der Waals surface area contributed by atoms with Crippen LogP contribution < -0.4 is 0 Å². The fourth-order valence-corrected chi connectivity index (χ4v) is 1.57. The van der Waals surface area contributed by atoms with E-state index in [2.05, 4.69) is 5.10 Å². The van der Waals surface area contributed by atoms with E-state index in [9.17, 15) is 4.79 Å². The molecule has 12 heavy (non-hydrogen) atoms. The van der Waals surface area contributed by atoms with Crippen LogP contribution in [0.15, 0.2) is 0 Å². The standard InChI is InChI=1S/C8H11ClN2O/c1-5(2)7-6(4-12)8(9)10-11(7)3/h4-5H,1-3H3. The molecule has 4 heteroatoms. The largest absolute Gasteiger partial charge is 0.298 e. The lowest BCUT2D eigenvalue weighted by molar-refractivity contribution is 0.112. The number of rotatable bonds is 2. The van der Waals surface area contributed by atoms with Gasteiger partial charge in [0.1, 0.15) is 0 Å². The summed E-state index contributed by atoms with van der Waals surface area (Å²) in [6.45, 7) is 4.00. The minimum Gasteiger partial charge on any atom is -0.298 e. The molecule has 0 aliphatic heterocycles. The van der Waals surface area contributed by atoms with Crippen molar-refractivity contribution >= 4 is 17.9 Å². The van der Waals surface area contributed by atoms with Gasteiger partial charge in [0.25, 0.3) is 0 Å². The van der Waals surface area contributed by atoms with Crippen LogP contribution in [0, 0.1) is 0 Å². The first-order valence-corrected chi connectivity index (χ1v) is 4.13. The van der Waals surface area contributed by atoms with E-state index in [1.807, 2.05) is 13.8 Å². The van der Waals surface area contributed by atoms with E-state index in [4.69, 9.17) is 11.6 Å². The number of hydrogen-bond donors (Lipinski definition) is 0. The summed E-state index contributed by atoms with van der Waals surface area (Å²) < 4.78 is 1.65. The van der Waals surface area contributed by atoms with E-state index in [1.54, 1.807) is 11.7 Å². The Balaban J connectivity index is 3.32. The smallest absolute Gasteiger partial charge is 0.161 e. The van der Waals surface area contributed by atoms with Crippen molar-refractivity contribution in [2.24, 2.45) is 7.05 Å². The quantitative estimate of drug-likeness (QED) is 0.663. The maximum Gasteiger partial charge on any atom is 0.161 e. The number of carbonyl (C=O) groups excluding carboxylic acids is 1. The van der Waals surface area contributed by atoms with Gasteiger partial charge in [0, 0.05) is 7.05 Å². The van der Waals surface area contributed by atoms with E-state index in [0.717, 1.165) is 12.0 Å². The van der Waals surface area contributed by atoms with Crippen LogP contribution in [0.4, 0.5) is 0 Å². The van der Waals surface area contributed by atoms with Crippen molar-refractivity contribution in [1.29, 1.82) is 0 Å². The summed E-state index contributed by atoms with van der Waals surface area (Å²) in [5.41, 5.74) is 1.39. The van der Waals surface area contributed by atoms with Gasteiger partial charge in [-0.05, 0) is 5.92 Å². The summed E-state index contributed by atoms with van der Waals surface area (Å²) in [6.07, 6.45) is 0.755. The van der Waals surface area contributed by atoms with Gasteiger partial charge in [0.05, 0.1) is 11.3 Å². The predicted molar refractivity (Wildman–Crippen MR) is 47.7 cm³/mol. The average molecular weight is 187 g/mol. The number of carbonyl (C=O) groups is 1. The van der Waals surface area contributed by atoms with Gasteiger partial charge in [0.15, 0.2) is 11.4 Å². The molecule has 0 spiro atoms. The van der Waals surface area contributed by atoms with Crippen molar-refractivity contribution in [3.63, 3.8) is 0 Å². The minimum atomic E-state index is 0.259. The van der Waals surface area contributed by atoms with Crippen LogP contribution in [-0.2, 0) is 7.05 Å². The van der Waals surface area contributed by atoms with Crippen LogP contribution in [0.3, 0.4) is 0 Å². The predicted octanol–water partition coefficient (Wildman–Crippen LogP) is 2.01. The zero-order chi connectivity index (χ0) is 9.30. The fraction of sp³-hybridized carbons (Fsp3) is 0.500. The van der Waals surface area contributed by atoms with Crippen molar-refractivity contribution in [3.8, 4) is 0 Å². The maximum atomic E-state index is 10.6. The highest BCUT2D eigenvalue weighted by Crippen LogP contribution is 2.23. The Hall–Kier alpha value is -0.830. The number of aldehydes is 1. The molecule has 0 unspecified atom stereocenters. The fourth-order valence-electron chi connectivity index (χ4n) is 1.31. The number of nitrogens with zero attached hydrogens (tertiary/aromatic N) is 2. The molecule has 1 rings (SSSR count). The summed E-state index contributed by atoms with van der Waals surface area (Å²) in [7, 11) is 1.79. The molecular weight excluding hydrogens is 176 g/mol. The number of aromatic nitrogens is 2. The topological polar surface area (TPSA) is 34.9 Å². The summed E-state index contributed by atoms with van der Waals surface area (Å²) >= 11 is 5.73. The third-order valence-corrected chi connectivity index (χ3v) is 2.03. The van der Waals surface area contributed by atoms with Gasteiger partial charge < -0.3 is 0 Å². The molecule has 1 aromatic rings. The molecule has 0 atom stereocenters. The van der Waals surface area contributed by atoms with Crippen LogP contribution in [0.5, 0.6) is 0 Å². The van der Waals surface area contributed by atoms with Crippen LogP contribution >= 0.6 is 11.6 Å². The second-order valence-electron chi connectivity index (χ2n) is 2.99. The summed E-state index contributed by atoms with van der Waals surface area (Å²) in [4.78, 5) is 10.6. The normalized spacial score (nSPS) is 10.8. The Morgan fingerprint density at radius 1 is 1.58 bits per heavy atom. The molecule has 0 bridgehead atoms. The van der Waals surface area contributed by atoms with E-state index in [1.165, 1.54) is 0 Å². The van der Waals surface area contributed by atoms with Crippen molar-refractivity contribution in [1.82, 2.24) is 9.78 Å². The van der Waals surface area contributed by atoms with Crippen LogP contribution in [0.1, 0.15) is 35.8 Å². The van der Waals surface area contributed by atoms with Crippen molar-refractivity contribution in [2.75, 3.05) is 0 Å². The molecule has 0 saturated carbocycles. The SMILES string of the molecule is CC(C)c1c(C=O)c(Cl)nn1C. The van der Waals surface area contributed by atoms with E-state index in [-0.39, 0.29) is 11.1 Å². The zero-order valence-electron chi connectivity index (χ0n) is 7.34. The van der Waals surface area contributed by atoms with E-state index < -0.39 is 0 Å². The van der Waals surface area contributed by atoms with Crippen LogP contribution in [-0.4, -0.2) is 16.1 Å². The third kappa shape index (κ3) is 1.37. The molecule has 0 saturated heterocycles. The maximum absolute atomic E-state index is 10.6. The van der Waals surface area contributed by atoms with Gasteiger partial charge in [-0.3, -0.25) is 9.48 Å².